The molecular weight excluding hydrogens is 438 g/mol. The molecule has 186 valence electrons. The maximum atomic E-state index is 12.5. The van der Waals surface area contributed by atoms with Crippen molar-refractivity contribution in [2.45, 2.75) is 76.9 Å². The highest BCUT2D eigenvalue weighted by Crippen LogP contribution is 2.27. The summed E-state index contributed by atoms with van der Waals surface area (Å²) in [6, 6.07) is 7.34. The monoisotopic (exact) mass is 473 g/mol. The second kappa shape index (κ2) is 11.4. The molecule has 2 heterocycles. The number of hydrogen-bond donors (Lipinski definition) is 2. The molecule has 2 aliphatic heterocycles. The van der Waals surface area contributed by atoms with Crippen molar-refractivity contribution in [2.24, 2.45) is 0 Å². The second-order valence-corrected chi connectivity index (χ2v) is 9.83. The maximum absolute atomic E-state index is 12.5. The van der Waals surface area contributed by atoms with Crippen molar-refractivity contribution in [3.63, 3.8) is 0 Å². The average molecular weight is 474 g/mol. The number of likely N-dealkylation sites (tertiary alicyclic amines) is 1. The quantitative estimate of drug-likeness (QED) is 0.465. The van der Waals surface area contributed by atoms with Gasteiger partial charge in [-0.05, 0) is 64.2 Å². The number of amides is 4. The largest absolute Gasteiger partial charge is 0.494 e. The second-order valence-electron chi connectivity index (χ2n) is 9.83. The molecule has 9 nitrogen and oxygen atoms in total. The maximum Gasteiger partial charge on any atom is 0.407 e. The fraction of sp³-hybridized carbons (Fsp3) is 0.600. The van der Waals surface area contributed by atoms with Crippen LogP contribution in [0.3, 0.4) is 0 Å². The lowest BCUT2D eigenvalue weighted by atomic mass is 9.90. The molecular formula is C25H35N3O6. The van der Waals surface area contributed by atoms with Gasteiger partial charge in [-0.2, -0.15) is 0 Å². The number of rotatable bonds is 7. The number of imide groups is 1. The summed E-state index contributed by atoms with van der Waals surface area (Å²) in [5.74, 6) is -0.137. The first-order valence-corrected chi connectivity index (χ1v) is 11.9. The number of alkyl carbamates (subject to hydrolysis) is 1. The van der Waals surface area contributed by atoms with Gasteiger partial charge in [0.15, 0.2) is 0 Å². The van der Waals surface area contributed by atoms with Crippen LogP contribution in [0.25, 0.3) is 0 Å². The molecule has 2 fully saturated rings. The molecule has 9 heteroatoms. The van der Waals surface area contributed by atoms with Crippen LogP contribution in [0.1, 0.15) is 70.8 Å². The molecule has 2 saturated heterocycles. The molecule has 1 aromatic rings. The van der Waals surface area contributed by atoms with Crippen LogP contribution in [0.5, 0.6) is 5.75 Å². The Morgan fingerprint density at radius 2 is 1.88 bits per heavy atom. The summed E-state index contributed by atoms with van der Waals surface area (Å²) in [6.07, 6.45) is 2.78. The molecule has 0 spiro atoms. The van der Waals surface area contributed by atoms with E-state index in [0.29, 0.717) is 64.0 Å². The fourth-order valence-electron chi connectivity index (χ4n) is 4.15. The number of carbonyl (C=O) groups excluding carboxylic acids is 4. The standard InChI is InChI=1S/C25H35N3O6/c1-25(2,3)34-24(32)26-18-11-13-28(14-12-18)22(30)8-5-15-33-19-7-4-6-17(16-19)20-9-10-21(29)27-23(20)31/h4,6-7,16,18,20H,5,8-15H2,1-3H3,(H,26,32)(H,27,29,31). The van der Waals surface area contributed by atoms with E-state index in [0.717, 1.165) is 5.56 Å². The van der Waals surface area contributed by atoms with E-state index in [2.05, 4.69) is 10.6 Å². The van der Waals surface area contributed by atoms with Gasteiger partial charge < -0.3 is 19.7 Å². The van der Waals surface area contributed by atoms with Crippen molar-refractivity contribution in [1.82, 2.24) is 15.5 Å². The van der Waals surface area contributed by atoms with Crippen LogP contribution in [-0.4, -0.2) is 60.1 Å². The summed E-state index contributed by atoms with van der Waals surface area (Å²) < 4.78 is 11.1. The number of nitrogens with zero attached hydrogens (tertiary/aromatic N) is 1. The highest BCUT2D eigenvalue weighted by Gasteiger charge is 2.28. The molecule has 1 aromatic carbocycles. The summed E-state index contributed by atoms with van der Waals surface area (Å²) >= 11 is 0. The third kappa shape index (κ3) is 7.74. The molecule has 0 saturated carbocycles. The zero-order valence-corrected chi connectivity index (χ0v) is 20.2. The Kier molecular flexibility index (Phi) is 8.52. The molecule has 0 aliphatic carbocycles. The normalized spacial score (nSPS) is 19.4. The summed E-state index contributed by atoms with van der Waals surface area (Å²) in [5.41, 5.74) is 0.288. The van der Waals surface area contributed by atoms with Crippen LogP contribution in [0.15, 0.2) is 24.3 Å². The molecule has 3 rings (SSSR count). The van der Waals surface area contributed by atoms with Crippen LogP contribution in [-0.2, 0) is 19.1 Å². The van der Waals surface area contributed by atoms with Crippen molar-refractivity contribution in [2.75, 3.05) is 19.7 Å². The van der Waals surface area contributed by atoms with Crippen molar-refractivity contribution < 1.29 is 28.7 Å². The Morgan fingerprint density at radius 3 is 2.56 bits per heavy atom. The Hall–Kier alpha value is -3.10. The summed E-state index contributed by atoms with van der Waals surface area (Å²) in [6.45, 7) is 7.08. The van der Waals surface area contributed by atoms with E-state index in [-0.39, 0.29) is 29.7 Å². The number of piperidine rings is 2. The van der Waals surface area contributed by atoms with E-state index in [1.54, 1.807) is 0 Å². The highest BCUT2D eigenvalue weighted by molar-refractivity contribution is 6.00. The Balaban J connectivity index is 1.36. The number of carbonyl (C=O) groups is 4. The Morgan fingerprint density at radius 1 is 1.15 bits per heavy atom. The molecule has 1 unspecified atom stereocenters. The Bertz CT molecular complexity index is 902. The smallest absolute Gasteiger partial charge is 0.407 e. The minimum absolute atomic E-state index is 0.0128. The minimum Gasteiger partial charge on any atom is -0.494 e. The van der Waals surface area contributed by atoms with Gasteiger partial charge in [0.25, 0.3) is 0 Å². The molecule has 4 amide bonds. The lowest BCUT2D eigenvalue weighted by Gasteiger charge is -2.33. The first kappa shape index (κ1) is 25.5. The number of ether oxygens (including phenoxy) is 2. The summed E-state index contributed by atoms with van der Waals surface area (Å²) in [7, 11) is 0. The van der Waals surface area contributed by atoms with Gasteiger partial charge in [0.1, 0.15) is 11.4 Å². The molecule has 1 atom stereocenters. The fourth-order valence-corrected chi connectivity index (χ4v) is 4.15. The van der Waals surface area contributed by atoms with Gasteiger partial charge in [-0.1, -0.05) is 12.1 Å². The zero-order chi connectivity index (χ0) is 24.7. The van der Waals surface area contributed by atoms with E-state index in [4.69, 9.17) is 9.47 Å². The van der Waals surface area contributed by atoms with Crippen LogP contribution < -0.4 is 15.4 Å². The van der Waals surface area contributed by atoms with Gasteiger partial charge in [-0.25, -0.2) is 4.79 Å². The zero-order valence-electron chi connectivity index (χ0n) is 20.2. The number of benzene rings is 1. The van der Waals surface area contributed by atoms with Gasteiger partial charge in [0.2, 0.25) is 17.7 Å². The van der Waals surface area contributed by atoms with Crippen LogP contribution >= 0.6 is 0 Å². The van der Waals surface area contributed by atoms with Crippen molar-refractivity contribution in [3.05, 3.63) is 29.8 Å². The van der Waals surface area contributed by atoms with Crippen molar-refractivity contribution in [3.8, 4) is 5.75 Å². The first-order chi connectivity index (χ1) is 16.1. The topological polar surface area (TPSA) is 114 Å². The molecule has 34 heavy (non-hydrogen) atoms. The van der Waals surface area contributed by atoms with Crippen LogP contribution in [0.4, 0.5) is 4.79 Å². The Labute approximate surface area is 200 Å². The van der Waals surface area contributed by atoms with Gasteiger partial charge >= 0.3 is 6.09 Å². The molecule has 0 radical (unpaired) electrons. The van der Waals surface area contributed by atoms with Crippen molar-refractivity contribution >= 4 is 23.8 Å². The van der Waals surface area contributed by atoms with E-state index >= 15 is 0 Å². The molecule has 0 bridgehead atoms. The predicted octanol–water partition coefficient (Wildman–Crippen LogP) is 2.88. The minimum atomic E-state index is -0.533. The van der Waals surface area contributed by atoms with E-state index < -0.39 is 11.7 Å². The van der Waals surface area contributed by atoms with Gasteiger partial charge in [0, 0.05) is 32.0 Å². The SMILES string of the molecule is CC(C)(C)OC(=O)NC1CCN(C(=O)CCCOc2cccc(C3CCC(=O)NC3=O)c2)CC1. The molecule has 2 aliphatic rings. The van der Waals surface area contributed by atoms with E-state index in [9.17, 15) is 19.2 Å². The number of nitrogens with one attached hydrogen (secondary N) is 2. The van der Waals surface area contributed by atoms with Gasteiger partial charge in [0.05, 0.1) is 12.5 Å². The lowest BCUT2D eigenvalue weighted by Crippen LogP contribution is -2.47. The summed E-state index contributed by atoms with van der Waals surface area (Å²) in [5, 5.41) is 5.25. The predicted molar refractivity (Wildman–Crippen MR) is 125 cm³/mol. The third-order valence-corrected chi connectivity index (χ3v) is 5.87. The van der Waals surface area contributed by atoms with E-state index in [1.807, 2.05) is 49.9 Å². The van der Waals surface area contributed by atoms with Gasteiger partial charge in [-0.15, -0.1) is 0 Å². The molecule has 2 N–H and O–H groups in total. The highest BCUT2D eigenvalue weighted by atomic mass is 16.6. The average Bonchev–Trinajstić information content (AvgIpc) is 2.76. The van der Waals surface area contributed by atoms with Gasteiger partial charge in [-0.3, -0.25) is 19.7 Å². The third-order valence-electron chi connectivity index (χ3n) is 5.87. The van der Waals surface area contributed by atoms with Crippen molar-refractivity contribution in [1.29, 1.82) is 0 Å². The lowest BCUT2D eigenvalue weighted by molar-refractivity contribution is -0.134. The molecule has 0 aromatic heterocycles. The van der Waals surface area contributed by atoms with Crippen LogP contribution in [0.2, 0.25) is 0 Å². The van der Waals surface area contributed by atoms with E-state index in [1.165, 1.54) is 0 Å². The first-order valence-electron chi connectivity index (χ1n) is 11.9. The number of hydrogen-bond acceptors (Lipinski definition) is 6. The summed E-state index contributed by atoms with van der Waals surface area (Å²) in [4.78, 5) is 49.7. The van der Waals surface area contributed by atoms with Crippen LogP contribution in [0, 0.1) is 0 Å².